The molecule has 2 N–H and O–H groups in total. The van der Waals surface area contributed by atoms with E-state index in [0.29, 0.717) is 33.7 Å². The van der Waals surface area contributed by atoms with Gasteiger partial charge in [-0.05, 0) is 12.1 Å². The minimum absolute atomic E-state index is 0.235. The van der Waals surface area contributed by atoms with Gasteiger partial charge in [0.15, 0.2) is 11.5 Å². The van der Waals surface area contributed by atoms with E-state index in [1.54, 1.807) is 12.1 Å². The van der Waals surface area contributed by atoms with Crippen molar-refractivity contribution in [3.05, 3.63) is 28.9 Å². The second-order valence-corrected chi connectivity index (χ2v) is 4.67. The van der Waals surface area contributed by atoms with Gasteiger partial charge in [0.25, 0.3) is 0 Å². The predicted octanol–water partition coefficient (Wildman–Crippen LogP) is 2.41. The normalized spacial score (nSPS) is 10.9. The Kier molecular flexibility index (Phi) is 4.72. The van der Waals surface area contributed by atoms with Gasteiger partial charge in [0, 0.05) is 23.1 Å². The van der Waals surface area contributed by atoms with Crippen molar-refractivity contribution in [2.24, 2.45) is 5.73 Å². The van der Waals surface area contributed by atoms with Gasteiger partial charge in [0.05, 0.1) is 26.8 Å². The lowest BCUT2D eigenvalue weighted by Crippen LogP contribution is -2.05. The van der Waals surface area contributed by atoms with E-state index in [1.807, 2.05) is 0 Å². The summed E-state index contributed by atoms with van der Waals surface area (Å²) in [6.45, 7) is 0. The summed E-state index contributed by atoms with van der Waals surface area (Å²) in [5, 5.41) is 0.910. The fourth-order valence-corrected chi connectivity index (χ4v) is 2.28. The van der Waals surface area contributed by atoms with Gasteiger partial charge in [-0.15, -0.1) is 0 Å². The Bertz CT molecular complexity index is 759. The zero-order valence-electron chi connectivity index (χ0n) is 12.3. The molecule has 1 heterocycles. The Morgan fingerprint density at radius 2 is 1.86 bits per heavy atom. The van der Waals surface area contributed by atoms with Crippen LogP contribution in [0.1, 0.15) is 5.56 Å². The van der Waals surface area contributed by atoms with Crippen LogP contribution in [0.5, 0.6) is 17.2 Å². The standard InChI is InChI=1S/C15H15ClN2O4/c1-20-11-7-10-9(13(21-2)14(11)22-3)6-8(15(16)18-10)4-5-12(17)19/h4-7H,1-3H3,(H2,17,19)/b5-4+. The number of methoxy groups -OCH3 is 3. The number of halogens is 1. The number of hydrogen-bond donors (Lipinski definition) is 1. The van der Waals surface area contributed by atoms with Crippen LogP contribution in [0.15, 0.2) is 18.2 Å². The van der Waals surface area contributed by atoms with Crippen LogP contribution in [0.4, 0.5) is 0 Å². The molecule has 0 aliphatic rings. The lowest BCUT2D eigenvalue weighted by molar-refractivity contribution is -0.113. The van der Waals surface area contributed by atoms with E-state index in [4.69, 9.17) is 31.5 Å². The van der Waals surface area contributed by atoms with Crippen LogP contribution in [0.3, 0.4) is 0 Å². The highest BCUT2D eigenvalue weighted by atomic mass is 35.5. The molecular weight excluding hydrogens is 308 g/mol. The number of pyridine rings is 1. The van der Waals surface area contributed by atoms with E-state index >= 15 is 0 Å². The van der Waals surface area contributed by atoms with Crippen LogP contribution in [0.2, 0.25) is 5.15 Å². The molecule has 7 heteroatoms. The van der Waals surface area contributed by atoms with Gasteiger partial charge < -0.3 is 19.9 Å². The van der Waals surface area contributed by atoms with E-state index in [2.05, 4.69) is 4.98 Å². The molecule has 0 aliphatic heterocycles. The number of rotatable bonds is 5. The van der Waals surface area contributed by atoms with Crippen molar-refractivity contribution in [1.82, 2.24) is 4.98 Å². The SMILES string of the molecule is COc1cc2nc(Cl)c(/C=C/C(N)=O)cc2c(OC)c1OC. The molecule has 2 rings (SSSR count). The summed E-state index contributed by atoms with van der Waals surface area (Å²) in [6.07, 6.45) is 2.70. The van der Waals surface area contributed by atoms with Crippen molar-refractivity contribution in [1.29, 1.82) is 0 Å². The van der Waals surface area contributed by atoms with Crippen LogP contribution in [0.25, 0.3) is 17.0 Å². The highest BCUT2D eigenvalue weighted by Gasteiger charge is 2.18. The van der Waals surface area contributed by atoms with Crippen LogP contribution >= 0.6 is 11.6 Å². The van der Waals surface area contributed by atoms with Gasteiger partial charge in [0.2, 0.25) is 11.7 Å². The number of benzene rings is 1. The number of carbonyl (C=O) groups is 1. The third kappa shape index (κ3) is 2.92. The zero-order chi connectivity index (χ0) is 16.3. The van der Waals surface area contributed by atoms with Gasteiger partial charge in [-0.1, -0.05) is 11.6 Å². The second kappa shape index (κ2) is 6.53. The van der Waals surface area contributed by atoms with E-state index in [9.17, 15) is 4.79 Å². The van der Waals surface area contributed by atoms with Gasteiger partial charge >= 0.3 is 0 Å². The molecule has 0 bridgehead atoms. The first-order valence-corrected chi connectivity index (χ1v) is 6.66. The number of ether oxygens (including phenoxy) is 3. The highest BCUT2D eigenvalue weighted by molar-refractivity contribution is 6.31. The number of hydrogen-bond acceptors (Lipinski definition) is 5. The Hall–Kier alpha value is -2.47. The van der Waals surface area contributed by atoms with E-state index in [-0.39, 0.29) is 5.15 Å². The Labute approximate surface area is 132 Å². The van der Waals surface area contributed by atoms with E-state index in [1.165, 1.54) is 33.5 Å². The maximum Gasteiger partial charge on any atom is 0.241 e. The minimum atomic E-state index is -0.574. The van der Waals surface area contributed by atoms with Crippen molar-refractivity contribution in [2.75, 3.05) is 21.3 Å². The third-order valence-electron chi connectivity index (χ3n) is 3.03. The molecule has 2 aromatic rings. The third-order valence-corrected chi connectivity index (χ3v) is 3.33. The van der Waals surface area contributed by atoms with Crippen molar-refractivity contribution in [3.8, 4) is 17.2 Å². The quantitative estimate of drug-likeness (QED) is 0.675. The molecule has 0 unspecified atom stereocenters. The minimum Gasteiger partial charge on any atom is -0.493 e. The largest absolute Gasteiger partial charge is 0.493 e. The average Bonchev–Trinajstić information content (AvgIpc) is 2.50. The smallest absolute Gasteiger partial charge is 0.241 e. The number of fused-ring (bicyclic) bond motifs is 1. The molecule has 1 aromatic heterocycles. The zero-order valence-corrected chi connectivity index (χ0v) is 13.1. The molecule has 0 atom stereocenters. The van der Waals surface area contributed by atoms with Gasteiger partial charge in [-0.3, -0.25) is 4.79 Å². The topological polar surface area (TPSA) is 83.7 Å². The van der Waals surface area contributed by atoms with Crippen molar-refractivity contribution < 1.29 is 19.0 Å². The summed E-state index contributed by atoms with van der Waals surface area (Å²) in [5.41, 5.74) is 6.21. The van der Waals surface area contributed by atoms with Gasteiger partial charge in [0.1, 0.15) is 5.15 Å². The monoisotopic (exact) mass is 322 g/mol. The molecule has 1 amide bonds. The molecule has 0 radical (unpaired) electrons. The van der Waals surface area contributed by atoms with Crippen LogP contribution in [-0.4, -0.2) is 32.2 Å². The fraction of sp³-hybridized carbons (Fsp3) is 0.200. The first-order chi connectivity index (χ1) is 10.5. The average molecular weight is 323 g/mol. The lowest BCUT2D eigenvalue weighted by Gasteiger charge is -2.15. The molecular formula is C15H15ClN2O4. The fourth-order valence-electron chi connectivity index (χ4n) is 2.07. The molecule has 0 saturated heterocycles. The Balaban J connectivity index is 2.76. The van der Waals surface area contributed by atoms with E-state index in [0.717, 1.165) is 0 Å². The predicted molar refractivity (Wildman–Crippen MR) is 84.6 cm³/mol. The number of primary amides is 1. The number of nitrogens with two attached hydrogens (primary N) is 1. The summed E-state index contributed by atoms with van der Waals surface area (Å²) in [6, 6.07) is 3.44. The Morgan fingerprint density at radius 3 is 2.41 bits per heavy atom. The molecule has 116 valence electrons. The molecule has 6 nitrogen and oxygen atoms in total. The van der Waals surface area contributed by atoms with E-state index < -0.39 is 5.91 Å². The molecule has 22 heavy (non-hydrogen) atoms. The number of nitrogens with zero attached hydrogens (tertiary/aromatic N) is 1. The molecule has 0 aliphatic carbocycles. The molecule has 0 spiro atoms. The van der Waals surface area contributed by atoms with Crippen molar-refractivity contribution in [3.63, 3.8) is 0 Å². The summed E-state index contributed by atoms with van der Waals surface area (Å²) >= 11 is 6.12. The highest BCUT2D eigenvalue weighted by Crippen LogP contribution is 2.43. The maximum atomic E-state index is 10.9. The van der Waals surface area contributed by atoms with Crippen molar-refractivity contribution in [2.45, 2.75) is 0 Å². The maximum absolute atomic E-state index is 10.9. The number of carbonyl (C=O) groups excluding carboxylic acids is 1. The van der Waals surface area contributed by atoms with Gasteiger partial charge in [-0.25, -0.2) is 4.98 Å². The number of amides is 1. The van der Waals surface area contributed by atoms with Crippen molar-refractivity contribution >= 4 is 34.5 Å². The molecule has 0 fully saturated rings. The molecule has 1 aromatic carbocycles. The summed E-state index contributed by atoms with van der Waals surface area (Å²) in [4.78, 5) is 15.2. The summed E-state index contributed by atoms with van der Waals surface area (Å²) in [7, 11) is 4.56. The van der Waals surface area contributed by atoms with Crippen LogP contribution in [-0.2, 0) is 4.79 Å². The van der Waals surface area contributed by atoms with Crippen LogP contribution in [0, 0.1) is 0 Å². The summed E-state index contributed by atoms with van der Waals surface area (Å²) < 4.78 is 16.0. The van der Waals surface area contributed by atoms with Crippen LogP contribution < -0.4 is 19.9 Å². The molecule has 0 saturated carbocycles. The first kappa shape index (κ1) is 15.9. The Morgan fingerprint density at radius 1 is 1.18 bits per heavy atom. The van der Waals surface area contributed by atoms with Gasteiger partial charge in [-0.2, -0.15) is 0 Å². The summed E-state index contributed by atoms with van der Waals surface area (Å²) in [5.74, 6) is 0.826. The lowest BCUT2D eigenvalue weighted by atomic mass is 10.1. The second-order valence-electron chi connectivity index (χ2n) is 4.32. The number of aromatic nitrogens is 1. The first-order valence-electron chi connectivity index (χ1n) is 6.28.